The largest absolute Gasteiger partial charge is 0.481 e. The number of ether oxygens (including phenoxy) is 2. The Morgan fingerprint density at radius 2 is 1.83 bits per heavy atom. The molecule has 0 aromatic carbocycles. The van der Waals surface area contributed by atoms with E-state index in [1.165, 1.54) is 30.3 Å². The van der Waals surface area contributed by atoms with Gasteiger partial charge < -0.3 is 9.47 Å². The van der Waals surface area contributed by atoms with Crippen molar-refractivity contribution in [3.8, 4) is 11.8 Å². The highest BCUT2D eigenvalue weighted by molar-refractivity contribution is 5.99. The molecule has 0 bridgehead atoms. The molecule has 23 heavy (non-hydrogen) atoms. The zero-order valence-electron chi connectivity index (χ0n) is 13.8. The van der Waals surface area contributed by atoms with Crippen LogP contribution in [0, 0.1) is 0 Å². The molecule has 2 amide bonds. The molecule has 0 N–H and O–H groups in total. The summed E-state index contributed by atoms with van der Waals surface area (Å²) in [6.45, 7) is 4.68. The Morgan fingerprint density at radius 1 is 1.13 bits per heavy atom. The van der Waals surface area contributed by atoms with E-state index >= 15 is 0 Å². The van der Waals surface area contributed by atoms with Crippen molar-refractivity contribution in [1.29, 1.82) is 0 Å². The van der Waals surface area contributed by atoms with Crippen LogP contribution in [0.3, 0.4) is 0 Å². The number of allylic oxidation sites excluding steroid dienone is 1. The van der Waals surface area contributed by atoms with Crippen LogP contribution >= 0.6 is 0 Å². The van der Waals surface area contributed by atoms with Gasteiger partial charge in [0.05, 0.1) is 14.2 Å². The fraction of sp³-hybridized carbons (Fsp3) is 0.438. The summed E-state index contributed by atoms with van der Waals surface area (Å²) < 4.78 is 10.2. The Bertz CT molecular complexity index is 638. The molecule has 1 aliphatic heterocycles. The second-order valence-electron chi connectivity index (χ2n) is 5.38. The van der Waals surface area contributed by atoms with E-state index in [1.54, 1.807) is 12.1 Å². The molecule has 0 unspecified atom stereocenters. The van der Waals surface area contributed by atoms with Gasteiger partial charge in [0.1, 0.15) is 5.56 Å². The third kappa shape index (κ3) is 3.61. The van der Waals surface area contributed by atoms with Crippen LogP contribution in [0.5, 0.6) is 11.8 Å². The molecule has 1 aromatic rings. The lowest BCUT2D eigenvalue weighted by molar-refractivity contribution is -0.135. The number of carbonyl (C=O) groups is 2. The summed E-state index contributed by atoms with van der Waals surface area (Å²) in [4.78, 5) is 29.1. The van der Waals surface area contributed by atoms with Crippen LogP contribution < -0.4 is 9.47 Å². The van der Waals surface area contributed by atoms with Gasteiger partial charge in [0.25, 0.3) is 11.8 Å². The number of aromatic nitrogens is 1. The zero-order valence-corrected chi connectivity index (χ0v) is 13.8. The Kier molecular flexibility index (Phi) is 5.20. The zero-order chi connectivity index (χ0) is 17.0. The van der Waals surface area contributed by atoms with Crippen molar-refractivity contribution in [2.75, 3.05) is 27.3 Å². The van der Waals surface area contributed by atoms with Crippen molar-refractivity contribution in [3.05, 3.63) is 29.3 Å². The first-order valence-electron chi connectivity index (χ1n) is 7.35. The van der Waals surface area contributed by atoms with Gasteiger partial charge in [-0.3, -0.25) is 9.59 Å². The second-order valence-corrected chi connectivity index (χ2v) is 5.38. The van der Waals surface area contributed by atoms with Crippen LogP contribution in [0.4, 0.5) is 0 Å². The Hall–Kier alpha value is -2.57. The molecule has 1 fully saturated rings. The van der Waals surface area contributed by atoms with Crippen LogP contribution in [0.25, 0.3) is 0 Å². The molecule has 124 valence electrons. The van der Waals surface area contributed by atoms with Crippen LogP contribution in [0.15, 0.2) is 23.8 Å². The van der Waals surface area contributed by atoms with E-state index < -0.39 is 0 Å². The summed E-state index contributed by atoms with van der Waals surface area (Å²) in [6, 6.07) is 3.18. The number of methoxy groups -OCH3 is 2. The summed E-state index contributed by atoms with van der Waals surface area (Å²) in [7, 11) is 2.93. The standard InChI is InChI=1S/C16H21N3O4/c1-11(2)10-14(20)18-8-5-9-19(18)16(21)12-6-7-13(22-3)17-15(12)23-4/h6-7,10H,5,8-9H2,1-4H3. The third-order valence-corrected chi connectivity index (χ3v) is 3.40. The van der Waals surface area contributed by atoms with Crippen molar-refractivity contribution in [1.82, 2.24) is 15.0 Å². The van der Waals surface area contributed by atoms with Crippen molar-refractivity contribution >= 4 is 11.8 Å². The molecule has 0 radical (unpaired) electrons. The average molecular weight is 319 g/mol. The maximum absolute atomic E-state index is 12.8. The third-order valence-electron chi connectivity index (χ3n) is 3.40. The SMILES string of the molecule is COc1ccc(C(=O)N2CCCN2C(=O)C=C(C)C)c(OC)n1. The van der Waals surface area contributed by atoms with Crippen molar-refractivity contribution in [3.63, 3.8) is 0 Å². The van der Waals surface area contributed by atoms with E-state index in [4.69, 9.17) is 9.47 Å². The molecular formula is C16H21N3O4. The molecule has 1 aromatic heterocycles. The van der Waals surface area contributed by atoms with Crippen LogP contribution in [-0.2, 0) is 4.79 Å². The van der Waals surface area contributed by atoms with Gasteiger partial charge in [-0.2, -0.15) is 4.98 Å². The number of amides is 2. The highest BCUT2D eigenvalue weighted by atomic mass is 16.5. The van der Waals surface area contributed by atoms with Gasteiger partial charge in [-0.1, -0.05) is 5.57 Å². The van der Waals surface area contributed by atoms with Gasteiger partial charge >= 0.3 is 0 Å². The number of hydrogen-bond donors (Lipinski definition) is 0. The predicted molar refractivity (Wildman–Crippen MR) is 84.1 cm³/mol. The fourth-order valence-corrected chi connectivity index (χ4v) is 2.37. The lowest BCUT2D eigenvalue weighted by Crippen LogP contribution is -2.44. The predicted octanol–water partition coefficient (Wildman–Crippen LogP) is 1.65. The Balaban J connectivity index is 2.29. The molecule has 0 atom stereocenters. The lowest BCUT2D eigenvalue weighted by Gasteiger charge is -2.27. The minimum Gasteiger partial charge on any atom is -0.481 e. The van der Waals surface area contributed by atoms with Gasteiger partial charge in [0.15, 0.2) is 0 Å². The van der Waals surface area contributed by atoms with Crippen molar-refractivity contribution in [2.24, 2.45) is 0 Å². The minimum atomic E-state index is -0.315. The maximum Gasteiger partial charge on any atom is 0.277 e. The van der Waals surface area contributed by atoms with E-state index in [0.717, 1.165) is 12.0 Å². The summed E-state index contributed by atoms with van der Waals surface area (Å²) >= 11 is 0. The van der Waals surface area contributed by atoms with Crippen LogP contribution in [0.2, 0.25) is 0 Å². The van der Waals surface area contributed by atoms with Gasteiger partial charge in [0.2, 0.25) is 11.8 Å². The first-order valence-corrected chi connectivity index (χ1v) is 7.35. The van der Waals surface area contributed by atoms with Gasteiger partial charge in [-0.05, 0) is 26.3 Å². The number of nitrogens with zero attached hydrogens (tertiary/aromatic N) is 3. The molecule has 7 heteroatoms. The van der Waals surface area contributed by atoms with E-state index in [9.17, 15) is 9.59 Å². The van der Waals surface area contributed by atoms with Gasteiger partial charge in [0, 0.05) is 25.2 Å². The number of hydrogen-bond acceptors (Lipinski definition) is 5. The first-order chi connectivity index (χ1) is 11.0. The number of rotatable bonds is 4. The summed E-state index contributed by atoms with van der Waals surface area (Å²) in [5.74, 6) is 0.0226. The molecule has 2 rings (SSSR count). The highest BCUT2D eigenvalue weighted by Crippen LogP contribution is 2.24. The lowest BCUT2D eigenvalue weighted by atomic mass is 10.2. The molecule has 2 heterocycles. The molecule has 0 aliphatic carbocycles. The quantitative estimate of drug-likeness (QED) is 0.789. The maximum atomic E-state index is 12.8. The van der Waals surface area contributed by atoms with E-state index in [1.807, 2.05) is 13.8 Å². The molecule has 0 saturated carbocycles. The summed E-state index contributed by atoms with van der Waals surface area (Å²) in [6.07, 6.45) is 2.26. The van der Waals surface area contributed by atoms with Gasteiger partial charge in [-0.15, -0.1) is 0 Å². The first kappa shape index (κ1) is 16.8. The molecule has 0 spiro atoms. The van der Waals surface area contributed by atoms with E-state index in [0.29, 0.717) is 24.5 Å². The smallest absolute Gasteiger partial charge is 0.277 e. The minimum absolute atomic E-state index is 0.177. The summed E-state index contributed by atoms with van der Waals surface area (Å²) in [5.41, 5.74) is 1.18. The normalized spacial score (nSPS) is 13.7. The number of hydrazine groups is 1. The topological polar surface area (TPSA) is 72.0 Å². The van der Waals surface area contributed by atoms with E-state index in [-0.39, 0.29) is 17.7 Å². The van der Waals surface area contributed by atoms with E-state index in [2.05, 4.69) is 4.98 Å². The van der Waals surface area contributed by atoms with Crippen molar-refractivity contribution < 1.29 is 19.1 Å². The number of carbonyl (C=O) groups excluding carboxylic acids is 2. The Labute approximate surface area is 135 Å². The number of pyridine rings is 1. The fourth-order valence-electron chi connectivity index (χ4n) is 2.37. The van der Waals surface area contributed by atoms with Crippen LogP contribution in [0.1, 0.15) is 30.6 Å². The van der Waals surface area contributed by atoms with Crippen molar-refractivity contribution in [2.45, 2.75) is 20.3 Å². The molecule has 1 saturated heterocycles. The summed E-state index contributed by atoms with van der Waals surface area (Å²) in [5, 5.41) is 2.90. The second kappa shape index (κ2) is 7.13. The Morgan fingerprint density at radius 3 is 2.43 bits per heavy atom. The van der Waals surface area contributed by atoms with Gasteiger partial charge in [-0.25, -0.2) is 10.0 Å². The van der Waals surface area contributed by atoms with Crippen LogP contribution in [-0.4, -0.2) is 54.1 Å². The monoisotopic (exact) mass is 319 g/mol. The average Bonchev–Trinajstić information content (AvgIpc) is 3.02. The molecule has 7 nitrogen and oxygen atoms in total. The molecule has 1 aliphatic rings. The highest BCUT2D eigenvalue weighted by Gasteiger charge is 2.32. The molecular weight excluding hydrogens is 298 g/mol.